The van der Waals surface area contributed by atoms with Gasteiger partial charge in [-0.1, -0.05) is 12.1 Å². The summed E-state index contributed by atoms with van der Waals surface area (Å²) in [7, 11) is 0. The van der Waals surface area contributed by atoms with Crippen LogP contribution in [0.4, 0.5) is 9.18 Å². The first-order chi connectivity index (χ1) is 10.8. The fourth-order valence-electron chi connectivity index (χ4n) is 1.79. The van der Waals surface area contributed by atoms with E-state index in [9.17, 15) is 14.0 Å². The number of hydrogen-bond donors (Lipinski definition) is 0. The quantitative estimate of drug-likeness (QED) is 0.792. The van der Waals surface area contributed by atoms with Gasteiger partial charge in [0, 0.05) is 17.8 Å². The van der Waals surface area contributed by atoms with Crippen molar-refractivity contribution in [3.05, 3.63) is 58.6 Å². The molecule has 1 aromatic carbocycles. The van der Waals surface area contributed by atoms with Crippen LogP contribution >= 0.6 is 0 Å². The van der Waals surface area contributed by atoms with Gasteiger partial charge in [-0.3, -0.25) is 9.78 Å². The van der Waals surface area contributed by atoms with E-state index in [0.29, 0.717) is 0 Å². The van der Waals surface area contributed by atoms with Crippen LogP contribution in [0.1, 0.15) is 20.8 Å². The summed E-state index contributed by atoms with van der Waals surface area (Å²) < 4.78 is 23.5. The third-order valence-electron chi connectivity index (χ3n) is 2.66. The van der Waals surface area contributed by atoms with Crippen LogP contribution in [0.15, 0.2) is 47.4 Å². The van der Waals surface area contributed by atoms with Crippen molar-refractivity contribution in [2.24, 2.45) is 0 Å². The summed E-state index contributed by atoms with van der Waals surface area (Å²) in [5.74, 6) is -0.778. The highest BCUT2D eigenvalue weighted by molar-refractivity contribution is 5.72. The predicted molar refractivity (Wildman–Crippen MR) is 82.8 cm³/mol. The largest absolute Gasteiger partial charge is 0.514 e. The molecular weight excluding hydrogens is 301 g/mol. The number of carbonyl (C=O) groups is 1. The molecule has 23 heavy (non-hydrogen) atoms. The van der Waals surface area contributed by atoms with Crippen molar-refractivity contribution in [3.63, 3.8) is 0 Å². The first-order valence-electron chi connectivity index (χ1n) is 6.92. The zero-order valence-corrected chi connectivity index (χ0v) is 13.0. The molecule has 120 valence electrons. The second kappa shape index (κ2) is 6.56. The maximum atomic E-state index is 13.4. The van der Waals surface area contributed by atoms with Crippen LogP contribution in [0.2, 0.25) is 0 Å². The lowest BCUT2D eigenvalue weighted by molar-refractivity contribution is 0.0205. The van der Waals surface area contributed by atoms with Gasteiger partial charge in [-0.25, -0.2) is 9.18 Å². The molecule has 0 bridgehead atoms. The Kier molecular flexibility index (Phi) is 4.74. The minimum absolute atomic E-state index is 0.178. The number of aromatic nitrogens is 1. The number of halogens is 1. The lowest BCUT2D eigenvalue weighted by Crippen LogP contribution is -2.27. The second-order valence-corrected chi connectivity index (χ2v) is 5.75. The summed E-state index contributed by atoms with van der Waals surface area (Å²) in [5.41, 5.74) is -0.932. The van der Waals surface area contributed by atoms with Crippen LogP contribution < -0.4 is 10.2 Å². The van der Waals surface area contributed by atoms with E-state index in [-0.39, 0.29) is 17.0 Å². The Bertz CT molecular complexity index is 784. The Morgan fingerprint density at radius 3 is 2.52 bits per heavy atom. The van der Waals surface area contributed by atoms with Crippen molar-refractivity contribution in [1.29, 1.82) is 0 Å². The predicted octanol–water partition coefficient (Wildman–Crippen LogP) is 3.56. The summed E-state index contributed by atoms with van der Waals surface area (Å²) >= 11 is 0. The van der Waals surface area contributed by atoms with Crippen molar-refractivity contribution in [2.75, 3.05) is 0 Å². The molecule has 0 spiro atoms. The minimum Gasteiger partial charge on any atom is -0.428 e. The number of carbonyl (C=O) groups excluding carboxylic acids is 1. The molecule has 0 atom stereocenters. The van der Waals surface area contributed by atoms with E-state index in [0.717, 1.165) is 6.07 Å². The van der Waals surface area contributed by atoms with E-state index in [1.54, 1.807) is 26.8 Å². The summed E-state index contributed by atoms with van der Waals surface area (Å²) in [6.45, 7) is 5.02. The Balaban J connectivity index is 2.49. The number of pyridine rings is 1. The van der Waals surface area contributed by atoms with E-state index in [1.165, 1.54) is 30.5 Å². The normalized spacial score (nSPS) is 11.0. The van der Waals surface area contributed by atoms with E-state index in [1.807, 2.05) is 0 Å². The first kappa shape index (κ1) is 16.6. The molecule has 0 aliphatic rings. The van der Waals surface area contributed by atoms with Crippen LogP contribution in [0.5, 0.6) is 5.75 Å². The molecule has 6 heteroatoms. The number of rotatable bonds is 2. The van der Waals surface area contributed by atoms with E-state index in [2.05, 4.69) is 4.98 Å². The maximum Gasteiger partial charge on any atom is 0.514 e. The highest BCUT2D eigenvalue weighted by Crippen LogP contribution is 2.25. The SMILES string of the molecule is CC(C)(C)OC(=O)Oc1c(-c2cc(F)ccn2)ccccc1=O. The molecule has 0 radical (unpaired) electrons. The van der Waals surface area contributed by atoms with Crippen molar-refractivity contribution in [2.45, 2.75) is 26.4 Å². The third kappa shape index (κ3) is 4.60. The average Bonchev–Trinajstić information content (AvgIpc) is 2.60. The number of ether oxygens (including phenoxy) is 2. The topological polar surface area (TPSA) is 65.5 Å². The second-order valence-electron chi connectivity index (χ2n) is 5.75. The summed E-state index contributed by atoms with van der Waals surface area (Å²) in [5, 5.41) is 0. The molecule has 0 saturated heterocycles. The van der Waals surface area contributed by atoms with Gasteiger partial charge in [-0.2, -0.15) is 0 Å². The lowest BCUT2D eigenvalue weighted by Gasteiger charge is -2.18. The molecule has 1 aromatic heterocycles. The van der Waals surface area contributed by atoms with E-state index in [4.69, 9.17) is 9.47 Å². The molecule has 0 amide bonds. The molecule has 1 heterocycles. The zero-order chi connectivity index (χ0) is 17.0. The smallest absolute Gasteiger partial charge is 0.428 e. The van der Waals surface area contributed by atoms with Crippen LogP contribution in [0, 0.1) is 5.82 Å². The van der Waals surface area contributed by atoms with Gasteiger partial charge in [0.1, 0.15) is 11.4 Å². The van der Waals surface area contributed by atoms with Gasteiger partial charge in [0.2, 0.25) is 5.43 Å². The van der Waals surface area contributed by atoms with Gasteiger partial charge in [0.25, 0.3) is 0 Å². The van der Waals surface area contributed by atoms with Crippen LogP contribution in [-0.2, 0) is 4.74 Å². The Hall–Kier alpha value is -2.76. The van der Waals surface area contributed by atoms with Crippen molar-refractivity contribution in [3.8, 4) is 17.0 Å². The van der Waals surface area contributed by atoms with Gasteiger partial charge in [0.15, 0.2) is 5.75 Å². The monoisotopic (exact) mass is 317 g/mol. The molecule has 0 fully saturated rings. The minimum atomic E-state index is -1.02. The number of hydrogen-bond acceptors (Lipinski definition) is 5. The van der Waals surface area contributed by atoms with Gasteiger partial charge >= 0.3 is 6.16 Å². The molecule has 0 unspecified atom stereocenters. The molecular formula is C17H16FNO4. The van der Waals surface area contributed by atoms with Gasteiger partial charge in [0.05, 0.1) is 5.69 Å². The van der Waals surface area contributed by atoms with Gasteiger partial charge < -0.3 is 9.47 Å². The van der Waals surface area contributed by atoms with Crippen molar-refractivity contribution >= 4 is 6.16 Å². The number of nitrogens with zero attached hydrogens (tertiary/aromatic N) is 1. The Morgan fingerprint density at radius 2 is 1.87 bits per heavy atom. The summed E-state index contributed by atoms with van der Waals surface area (Å²) in [4.78, 5) is 28.0. The first-order valence-corrected chi connectivity index (χ1v) is 6.92. The molecule has 0 N–H and O–H groups in total. The van der Waals surface area contributed by atoms with Crippen molar-refractivity contribution in [1.82, 2.24) is 4.98 Å². The zero-order valence-electron chi connectivity index (χ0n) is 13.0. The van der Waals surface area contributed by atoms with E-state index < -0.39 is 23.0 Å². The summed E-state index contributed by atoms with van der Waals surface area (Å²) in [6, 6.07) is 8.15. The third-order valence-corrected chi connectivity index (χ3v) is 2.66. The fraction of sp³-hybridized carbons (Fsp3) is 0.235. The summed E-state index contributed by atoms with van der Waals surface area (Å²) in [6.07, 6.45) is 0.248. The molecule has 0 saturated carbocycles. The molecule has 2 aromatic rings. The Labute approximate surface area is 132 Å². The standard InChI is InChI=1S/C17H16FNO4/c1-17(2,3)23-16(21)22-15-12(6-4-5-7-14(15)20)13-10-11(18)8-9-19-13/h4-10H,1-3H3. The Morgan fingerprint density at radius 1 is 1.17 bits per heavy atom. The molecule has 2 rings (SSSR count). The fourth-order valence-corrected chi connectivity index (χ4v) is 1.79. The van der Waals surface area contributed by atoms with Crippen LogP contribution in [0.3, 0.4) is 0 Å². The highest BCUT2D eigenvalue weighted by atomic mass is 19.1. The molecule has 5 nitrogen and oxygen atoms in total. The lowest BCUT2D eigenvalue weighted by atomic mass is 10.1. The maximum absolute atomic E-state index is 13.4. The average molecular weight is 317 g/mol. The van der Waals surface area contributed by atoms with Gasteiger partial charge in [-0.15, -0.1) is 0 Å². The van der Waals surface area contributed by atoms with Crippen LogP contribution in [0.25, 0.3) is 11.3 Å². The highest BCUT2D eigenvalue weighted by Gasteiger charge is 2.21. The van der Waals surface area contributed by atoms with E-state index >= 15 is 0 Å². The van der Waals surface area contributed by atoms with Crippen molar-refractivity contribution < 1.29 is 18.7 Å². The molecule has 0 aliphatic carbocycles. The molecule has 0 aliphatic heterocycles. The van der Waals surface area contributed by atoms with Gasteiger partial charge in [-0.05, 0) is 39.0 Å². The van der Waals surface area contributed by atoms with Crippen LogP contribution in [-0.4, -0.2) is 16.7 Å².